The lowest BCUT2D eigenvalue weighted by Crippen LogP contribution is -2.30. The minimum absolute atomic E-state index is 0.268. The minimum Gasteiger partial charge on any atom is -0.508 e. The van der Waals surface area contributed by atoms with Gasteiger partial charge in [-0.25, -0.2) is 4.98 Å². The number of phenolic OH excluding ortho intramolecular Hbond substituents is 1. The van der Waals surface area contributed by atoms with Gasteiger partial charge in [0, 0.05) is 31.1 Å². The number of rotatable bonds is 5. The molecule has 1 amide bonds. The van der Waals surface area contributed by atoms with E-state index >= 15 is 0 Å². The van der Waals surface area contributed by atoms with Crippen molar-refractivity contribution in [2.75, 3.05) is 13.1 Å². The second-order valence-electron chi connectivity index (χ2n) is 9.88. The number of amides is 1. The average molecular weight is 452 g/mol. The highest BCUT2D eigenvalue weighted by Crippen LogP contribution is 2.34. The number of likely N-dealkylation sites (tertiary alicyclic amines) is 1. The maximum atomic E-state index is 12.6. The molecule has 4 aromatic rings. The Morgan fingerprint density at radius 2 is 1.76 bits per heavy atom. The maximum absolute atomic E-state index is 12.6. The van der Waals surface area contributed by atoms with Crippen LogP contribution < -0.4 is 0 Å². The van der Waals surface area contributed by atoms with Gasteiger partial charge in [-0.3, -0.25) is 4.79 Å². The molecule has 5 heteroatoms. The highest BCUT2D eigenvalue weighted by molar-refractivity contribution is 5.82. The van der Waals surface area contributed by atoms with Crippen LogP contribution in [0, 0.1) is 18.8 Å². The van der Waals surface area contributed by atoms with Crippen LogP contribution in [0.4, 0.5) is 0 Å². The number of nitrogens with zero attached hydrogens (tertiary/aromatic N) is 3. The van der Waals surface area contributed by atoms with Crippen molar-refractivity contribution in [3.63, 3.8) is 0 Å². The zero-order chi connectivity index (χ0) is 23.2. The summed E-state index contributed by atoms with van der Waals surface area (Å²) in [5.74, 6) is 2.32. The number of fused-ring (bicyclic) bond motifs is 1. The lowest BCUT2D eigenvalue weighted by Gasteiger charge is -2.18. The van der Waals surface area contributed by atoms with Crippen LogP contribution in [0.25, 0.3) is 33.5 Å². The molecule has 0 unspecified atom stereocenters. The van der Waals surface area contributed by atoms with E-state index in [0.717, 1.165) is 72.4 Å². The second kappa shape index (κ2) is 8.32. The Labute approximate surface area is 199 Å². The molecule has 1 aliphatic heterocycles. The van der Waals surface area contributed by atoms with Gasteiger partial charge in [-0.05, 0) is 73.1 Å². The Hall–Kier alpha value is -3.60. The van der Waals surface area contributed by atoms with Crippen molar-refractivity contribution < 1.29 is 9.90 Å². The molecule has 5 nitrogen and oxygen atoms in total. The van der Waals surface area contributed by atoms with E-state index in [4.69, 9.17) is 4.98 Å². The number of aromatic hydroxyl groups is 1. The monoisotopic (exact) mass is 451 g/mol. The van der Waals surface area contributed by atoms with E-state index in [2.05, 4.69) is 58.9 Å². The van der Waals surface area contributed by atoms with Crippen molar-refractivity contribution in [3.8, 4) is 28.3 Å². The Bertz CT molecular complexity index is 1370. The van der Waals surface area contributed by atoms with Gasteiger partial charge in [0.2, 0.25) is 5.91 Å². The van der Waals surface area contributed by atoms with Gasteiger partial charge in [-0.15, -0.1) is 0 Å². The van der Waals surface area contributed by atoms with E-state index in [9.17, 15) is 9.90 Å². The molecule has 2 aliphatic rings. The fourth-order valence-electron chi connectivity index (χ4n) is 5.16. The van der Waals surface area contributed by atoms with E-state index < -0.39 is 0 Å². The predicted octanol–water partition coefficient (Wildman–Crippen LogP) is 5.64. The number of imidazole rings is 1. The third-order valence-corrected chi connectivity index (χ3v) is 7.19. The summed E-state index contributed by atoms with van der Waals surface area (Å²) in [4.78, 5) is 19.7. The quantitative estimate of drug-likeness (QED) is 0.427. The first-order valence-corrected chi connectivity index (χ1v) is 12.2. The first-order valence-electron chi connectivity index (χ1n) is 12.2. The second-order valence-corrected chi connectivity index (χ2v) is 9.88. The van der Waals surface area contributed by atoms with Crippen molar-refractivity contribution in [2.24, 2.45) is 11.8 Å². The first kappa shape index (κ1) is 21.0. The number of carbonyl (C=O) groups is 1. The molecule has 1 aliphatic carbocycles. The highest BCUT2D eigenvalue weighted by Gasteiger charge is 2.36. The third-order valence-electron chi connectivity index (χ3n) is 7.19. The fraction of sp³-hybridized carbons (Fsp3) is 0.310. The van der Waals surface area contributed by atoms with Crippen molar-refractivity contribution in [1.82, 2.24) is 14.5 Å². The smallest absolute Gasteiger partial charge is 0.225 e. The third kappa shape index (κ3) is 3.96. The topological polar surface area (TPSA) is 58.4 Å². The zero-order valence-electron chi connectivity index (χ0n) is 19.4. The molecule has 1 atom stereocenters. The number of hydrogen-bond acceptors (Lipinski definition) is 3. The zero-order valence-corrected chi connectivity index (χ0v) is 19.4. The largest absolute Gasteiger partial charge is 0.508 e. The van der Waals surface area contributed by atoms with E-state index in [1.165, 1.54) is 5.56 Å². The van der Waals surface area contributed by atoms with Crippen LogP contribution >= 0.6 is 0 Å². The molecule has 1 aromatic heterocycles. The molecular weight excluding hydrogens is 422 g/mol. The maximum Gasteiger partial charge on any atom is 0.225 e. The van der Waals surface area contributed by atoms with Crippen molar-refractivity contribution in [1.29, 1.82) is 0 Å². The van der Waals surface area contributed by atoms with E-state index in [0.29, 0.717) is 11.8 Å². The summed E-state index contributed by atoms with van der Waals surface area (Å²) in [5.41, 5.74) is 6.49. The lowest BCUT2D eigenvalue weighted by molar-refractivity contribution is -0.131. The van der Waals surface area contributed by atoms with Crippen LogP contribution in [0.1, 0.15) is 24.8 Å². The van der Waals surface area contributed by atoms with Gasteiger partial charge in [0.15, 0.2) is 0 Å². The van der Waals surface area contributed by atoms with Crippen LogP contribution in [-0.4, -0.2) is 38.6 Å². The molecule has 1 saturated carbocycles. The summed E-state index contributed by atoms with van der Waals surface area (Å²) in [7, 11) is 0. The van der Waals surface area contributed by atoms with E-state index in [1.54, 1.807) is 12.1 Å². The summed E-state index contributed by atoms with van der Waals surface area (Å²) >= 11 is 0. The van der Waals surface area contributed by atoms with Crippen LogP contribution in [0.5, 0.6) is 5.75 Å². The molecule has 2 heterocycles. The van der Waals surface area contributed by atoms with Crippen molar-refractivity contribution in [2.45, 2.75) is 32.7 Å². The van der Waals surface area contributed by atoms with Gasteiger partial charge in [-0.1, -0.05) is 42.5 Å². The fourth-order valence-corrected chi connectivity index (χ4v) is 5.16. The summed E-state index contributed by atoms with van der Waals surface area (Å²) in [6.07, 6.45) is 3.17. The average Bonchev–Trinajstić information content (AvgIpc) is 3.50. The molecule has 0 spiro atoms. The lowest BCUT2D eigenvalue weighted by atomic mass is 10.0. The Morgan fingerprint density at radius 1 is 0.971 bits per heavy atom. The van der Waals surface area contributed by atoms with Gasteiger partial charge in [0.1, 0.15) is 11.6 Å². The van der Waals surface area contributed by atoms with Crippen LogP contribution in [-0.2, 0) is 11.3 Å². The number of benzene rings is 3. The first-order chi connectivity index (χ1) is 16.5. The van der Waals surface area contributed by atoms with Crippen LogP contribution in [0.15, 0.2) is 66.7 Å². The molecule has 3 aromatic carbocycles. The predicted molar refractivity (Wildman–Crippen MR) is 134 cm³/mol. The Balaban J connectivity index is 1.32. The van der Waals surface area contributed by atoms with Crippen molar-refractivity contribution in [3.05, 3.63) is 72.3 Å². The SMILES string of the molecule is Cc1ccc2nc(-c3ccc(-c4cccc(O)c4)cc3)n(C[C@H]3CCN(C(=O)C4CC4)C3)c2c1. The van der Waals surface area contributed by atoms with Gasteiger partial charge in [-0.2, -0.15) is 0 Å². The Kier molecular flexibility index (Phi) is 5.13. The summed E-state index contributed by atoms with van der Waals surface area (Å²) in [6.45, 7) is 4.69. The number of carbonyl (C=O) groups excluding carboxylic acids is 1. The molecule has 0 bridgehead atoms. The van der Waals surface area contributed by atoms with E-state index in [1.807, 2.05) is 12.1 Å². The highest BCUT2D eigenvalue weighted by atomic mass is 16.3. The van der Waals surface area contributed by atoms with Crippen molar-refractivity contribution >= 4 is 16.9 Å². The minimum atomic E-state index is 0.268. The van der Waals surface area contributed by atoms with Gasteiger partial charge in [0.05, 0.1) is 11.0 Å². The molecule has 0 radical (unpaired) electrons. The number of aryl methyl sites for hydroxylation is 1. The number of phenols is 1. The van der Waals surface area contributed by atoms with Gasteiger partial charge in [0.25, 0.3) is 0 Å². The van der Waals surface area contributed by atoms with Gasteiger partial charge < -0.3 is 14.6 Å². The van der Waals surface area contributed by atoms with Gasteiger partial charge >= 0.3 is 0 Å². The number of hydrogen-bond donors (Lipinski definition) is 1. The van der Waals surface area contributed by atoms with Crippen LogP contribution in [0.2, 0.25) is 0 Å². The molecule has 1 N–H and O–H groups in total. The Morgan fingerprint density at radius 3 is 2.53 bits per heavy atom. The molecule has 172 valence electrons. The number of aromatic nitrogens is 2. The summed E-state index contributed by atoms with van der Waals surface area (Å²) < 4.78 is 2.35. The molecule has 34 heavy (non-hydrogen) atoms. The normalized spacial score (nSPS) is 18.0. The van der Waals surface area contributed by atoms with E-state index in [-0.39, 0.29) is 11.7 Å². The molecule has 2 fully saturated rings. The van der Waals surface area contributed by atoms with Crippen LogP contribution in [0.3, 0.4) is 0 Å². The summed E-state index contributed by atoms with van der Waals surface area (Å²) in [6, 6.07) is 22.2. The standard InChI is InChI=1S/C29H29N3O2/c1-19-5-12-26-27(15-19)32(18-20-13-14-31(17-20)29(34)23-10-11-23)28(30-26)22-8-6-21(7-9-22)24-3-2-4-25(33)16-24/h2-9,12,15-16,20,23,33H,10-11,13-14,17-18H2,1H3/t20-/m0/s1. The summed E-state index contributed by atoms with van der Waals surface area (Å²) in [5, 5.41) is 9.83. The molecular formula is C29H29N3O2. The molecule has 1 saturated heterocycles. The molecule has 6 rings (SSSR count).